The first-order chi connectivity index (χ1) is 15.1. The highest BCUT2D eigenvalue weighted by atomic mass is 79.9. The Balaban J connectivity index is 0.000000132. The third-order valence-electron chi connectivity index (χ3n) is 5.50. The zero-order valence-electron chi connectivity index (χ0n) is 16.1. The summed E-state index contributed by atoms with van der Waals surface area (Å²) in [5, 5.41) is 12.5. The van der Waals surface area contributed by atoms with Gasteiger partial charge >= 0.3 is 0 Å². The summed E-state index contributed by atoms with van der Waals surface area (Å²) in [7, 11) is 0. The molecule has 0 saturated carbocycles. The molecular weight excluding hydrogens is 518 g/mol. The van der Waals surface area contributed by atoms with Crippen LogP contribution in [0.2, 0.25) is 0 Å². The molecule has 0 amide bonds. The Labute approximate surface area is 196 Å². The van der Waals surface area contributed by atoms with Gasteiger partial charge in [-0.25, -0.2) is 0 Å². The Kier molecular flexibility index (Phi) is 5.08. The summed E-state index contributed by atoms with van der Waals surface area (Å²) in [5.41, 5.74) is 8.53. The van der Waals surface area contributed by atoms with Crippen LogP contribution in [0.25, 0.3) is 22.3 Å². The topological polar surface area (TPSA) is 49.7 Å². The quantitative estimate of drug-likeness (QED) is 0.164. The second kappa shape index (κ2) is 7.91. The van der Waals surface area contributed by atoms with Gasteiger partial charge in [0.05, 0.1) is 0 Å². The molecule has 3 nitrogen and oxygen atoms in total. The summed E-state index contributed by atoms with van der Waals surface area (Å²) in [5.74, 6) is 0.127. The fourth-order valence-electron chi connectivity index (χ4n) is 4.12. The Bertz CT molecular complexity index is 1390. The highest BCUT2D eigenvalue weighted by Crippen LogP contribution is 2.38. The summed E-state index contributed by atoms with van der Waals surface area (Å²) < 4.78 is 1.93. The van der Waals surface area contributed by atoms with Gasteiger partial charge in [-0.1, -0.05) is 97.7 Å². The first-order valence-electron chi connectivity index (χ1n) is 9.64. The fraction of sp³-hybridized carbons (Fsp3) is 0. The molecule has 150 valence electrons. The van der Waals surface area contributed by atoms with Crippen molar-refractivity contribution in [2.75, 3.05) is 0 Å². The van der Waals surface area contributed by atoms with Gasteiger partial charge in [-0.05, 0) is 46.5 Å². The average Bonchev–Trinajstić information content (AvgIpc) is 3.26. The van der Waals surface area contributed by atoms with Crippen molar-refractivity contribution in [2.24, 2.45) is 5.16 Å². The van der Waals surface area contributed by atoms with Crippen LogP contribution in [-0.4, -0.2) is 16.7 Å². The van der Waals surface area contributed by atoms with E-state index in [2.05, 4.69) is 37.0 Å². The summed E-state index contributed by atoms with van der Waals surface area (Å²) in [6.45, 7) is 0. The van der Waals surface area contributed by atoms with Crippen molar-refractivity contribution in [1.82, 2.24) is 0 Å². The smallest absolute Gasteiger partial charge is 0.194 e. The number of oxime groups is 1. The number of halogens is 2. The van der Waals surface area contributed by atoms with E-state index < -0.39 is 0 Å². The molecule has 4 aromatic rings. The minimum atomic E-state index is 0.127. The van der Waals surface area contributed by atoms with Gasteiger partial charge < -0.3 is 5.21 Å². The van der Waals surface area contributed by atoms with Crippen LogP contribution < -0.4 is 0 Å². The van der Waals surface area contributed by atoms with Gasteiger partial charge in [-0.2, -0.15) is 0 Å². The zero-order chi connectivity index (χ0) is 21.5. The molecule has 0 saturated heterocycles. The molecule has 2 aliphatic rings. The van der Waals surface area contributed by atoms with Crippen LogP contribution in [0.1, 0.15) is 27.0 Å². The minimum Gasteiger partial charge on any atom is -0.410 e. The van der Waals surface area contributed by atoms with Crippen LogP contribution in [0.3, 0.4) is 0 Å². The number of ketones is 1. The van der Waals surface area contributed by atoms with Gasteiger partial charge in [-0.15, -0.1) is 0 Å². The summed E-state index contributed by atoms with van der Waals surface area (Å²) in [4.78, 5) is 12.0. The van der Waals surface area contributed by atoms with Gasteiger partial charge in [0.15, 0.2) is 5.78 Å². The number of fused-ring (bicyclic) bond motifs is 6. The maximum Gasteiger partial charge on any atom is 0.194 e. The highest BCUT2D eigenvalue weighted by Gasteiger charge is 2.26. The Morgan fingerprint density at radius 3 is 1.61 bits per heavy atom. The third kappa shape index (κ3) is 3.34. The number of hydrogen-bond donors (Lipinski definition) is 1. The number of rotatable bonds is 0. The van der Waals surface area contributed by atoms with Crippen molar-refractivity contribution < 1.29 is 10.0 Å². The molecule has 0 radical (unpaired) electrons. The second-order valence-electron chi connectivity index (χ2n) is 7.25. The van der Waals surface area contributed by atoms with E-state index in [0.29, 0.717) is 5.71 Å². The van der Waals surface area contributed by atoms with Gasteiger partial charge in [-0.3, -0.25) is 4.79 Å². The molecule has 31 heavy (non-hydrogen) atoms. The first-order valence-corrected chi connectivity index (χ1v) is 11.2. The molecule has 2 aliphatic carbocycles. The molecule has 0 atom stereocenters. The summed E-state index contributed by atoms with van der Waals surface area (Å²) >= 11 is 6.81. The van der Waals surface area contributed by atoms with Crippen molar-refractivity contribution in [2.45, 2.75) is 0 Å². The number of nitrogens with zero attached hydrogens (tertiary/aromatic N) is 1. The number of carbonyl (C=O) groups is 1. The second-order valence-corrected chi connectivity index (χ2v) is 9.08. The van der Waals surface area contributed by atoms with E-state index in [0.717, 1.165) is 53.5 Å². The van der Waals surface area contributed by atoms with E-state index >= 15 is 0 Å². The predicted molar refractivity (Wildman–Crippen MR) is 130 cm³/mol. The summed E-state index contributed by atoms with van der Waals surface area (Å²) in [6, 6.07) is 27.5. The van der Waals surface area contributed by atoms with E-state index in [-0.39, 0.29) is 5.78 Å². The highest BCUT2D eigenvalue weighted by molar-refractivity contribution is 9.10. The zero-order valence-corrected chi connectivity index (χ0v) is 19.3. The summed E-state index contributed by atoms with van der Waals surface area (Å²) in [6.07, 6.45) is 0. The molecule has 0 heterocycles. The van der Waals surface area contributed by atoms with Crippen LogP contribution in [0.15, 0.2) is 99.0 Å². The van der Waals surface area contributed by atoms with E-state index in [1.807, 2.05) is 84.9 Å². The van der Waals surface area contributed by atoms with Crippen LogP contribution in [0.4, 0.5) is 0 Å². The fourth-order valence-corrected chi connectivity index (χ4v) is 4.85. The number of benzene rings is 4. The monoisotopic (exact) mass is 531 g/mol. The standard InChI is InChI=1S/C13H8BrNO.C13H7BrO/c14-8-5-6-10-9-3-1-2-4-11(9)13(15-16)12(10)7-8;14-8-5-6-10-9-3-1-2-4-11(9)13(15)12(10)7-8/h1-7,16H;1-7H/b15-13-;. The molecule has 5 heteroatoms. The van der Waals surface area contributed by atoms with Gasteiger partial charge in [0.2, 0.25) is 0 Å². The maximum atomic E-state index is 12.0. The Morgan fingerprint density at radius 2 is 1.00 bits per heavy atom. The van der Waals surface area contributed by atoms with Crippen molar-refractivity contribution in [3.63, 3.8) is 0 Å². The number of hydrogen-bond acceptors (Lipinski definition) is 3. The molecule has 0 aromatic heterocycles. The van der Waals surface area contributed by atoms with Crippen LogP contribution in [0, 0.1) is 0 Å². The third-order valence-corrected chi connectivity index (χ3v) is 6.48. The molecule has 0 unspecified atom stereocenters. The first kappa shape index (κ1) is 19.9. The van der Waals surface area contributed by atoms with Gasteiger partial charge in [0.25, 0.3) is 0 Å². The lowest BCUT2D eigenvalue weighted by molar-refractivity contribution is 0.104. The number of carbonyl (C=O) groups excluding carboxylic acids is 1. The molecule has 0 spiro atoms. The molecule has 4 aromatic carbocycles. The molecule has 0 aliphatic heterocycles. The molecule has 1 N–H and O–H groups in total. The lowest BCUT2D eigenvalue weighted by atomic mass is 10.1. The van der Waals surface area contributed by atoms with E-state index in [9.17, 15) is 4.79 Å². The molecular formula is C26H15Br2NO2. The largest absolute Gasteiger partial charge is 0.410 e. The Hall–Kier alpha value is -3.02. The van der Waals surface area contributed by atoms with Crippen LogP contribution >= 0.6 is 31.9 Å². The van der Waals surface area contributed by atoms with Crippen LogP contribution in [0.5, 0.6) is 0 Å². The van der Waals surface area contributed by atoms with Crippen molar-refractivity contribution in [1.29, 1.82) is 0 Å². The SMILES string of the molecule is O/N=C1/c2ccccc2-c2ccc(Br)cc21.O=C1c2ccccc2-c2ccc(Br)cc21. The molecule has 0 bridgehead atoms. The van der Waals surface area contributed by atoms with E-state index in [1.54, 1.807) is 0 Å². The lowest BCUT2D eigenvalue weighted by Crippen LogP contribution is -1.97. The molecule has 6 rings (SSSR count). The Morgan fingerprint density at radius 1 is 0.548 bits per heavy atom. The lowest BCUT2D eigenvalue weighted by Gasteiger charge is -1.99. The van der Waals surface area contributed by atoms with Crippen molar-refractivity contribution in [3.05, 3.63) is 116 Å². The van der Waals surface area contributed by atoms with Gasteiger partial charge in [0, 0.05) is 31.2 Å². The van der Waals surface area contributed by atoms with E-state index in [1.165, 1.54) is 0 Å². The van der Waals surface area contributed by atoms with Crippen LogP contribution in [-0.2, 0) is 0 Å². The van der Waals surface area contributed by atoms with Crippen molar-refractivity contribution in [3.8, 4) is 22.3 Å². The predicted octanol–water partition coefficient (Wildman–Crippen LogP) is 7.32. The molecule has 0 fully saturated rings. The van der Waals surface area contributed by atoms with E-state index in [4.69, 9.17) is 5.21 Å². The maximum absolute atomic E-state index is 12.0. The normalized spacial score (nSPS) is 13.7. The van der Waals surface area contributed by atoms with Crippen molar-refractivity contribution >= 4 is 43.4 Å². The van der Waals surface area contributed by atoms with Gasteiger partial charge in [0.1, 0.15) is 5.71 Å². The minimum absolute atomic E-state index is 0.127. The average molecular weight is 533 g/mol.